The third-order valence-electron chi connectivity index (χ3n) is 5.66. The molecule has 164 valence electrons. The lowest BCUT2D eigenvalue weighted by Crippen LogP contribution is -2.33. The normalized spacial score (nSPS) is 17.9. The van der Waals surface area contributed by atoms with Crippen LogP contribution in [0.2, 0.25) is 52.4 Å². The molecule has 5 heteroatoms. The van der Waals surface area contributed by atoms with Gasteiger partial charge in [-0.1, -0.05) is 58.9 Å². The van der Waals surface area contributed by atoms with Gasteiger partial charge in [0.25, 0.3) is 0 Å². The number of allylic oxidation sites excluding steroid dienone is 8. The van der Waals surface area contributed by atoms with Gasteiger partial charge in [0, 0.05) is 13.2 Å². The van der Waals surface area contributed by atoms with E-state index in [1.165, 1.54) is 12.8 Å². The fourth-order valence-electron chi connectivity index (χ4n) is 4.33. The van der Waals surface area contributed by atoms with E-state index in [9.17, 15) is 0 Å². The fourth-order valence-corrected chi connectivity index (χ4v) is 9.45. The summed E-state index contributed by atoms with van der Waals surface area (Å²) in [6, 6.07) is 0. The quantitative estimate of drug-likeness (QED) is 0.226. The molecule has 2 aliphatic carbocycles. The predicted molar refractivity (Wildman–Crippen MR) is 136 cm³/mol. The Hall–Kier alpha value is -0.469. The molecule has 2 nitrogen and oxygen atoms in total. The highest BCUT2D eigenvalue weighted by atomic mass is 28.4. The molecule has 0 bridgehead atoms. The molecule has 0 aromatic carbocycles. The van der Waals surface area contributed by atoms with E-state index in [4.69, 9.17) is 8.85 Å². The van der Waals surface area contributed by atoms with Crippen LogP contribution >= 0.6 is 0 Å². The summed E-state index contributed by atoms with van der Waals surface area (Å²) in [7, 11) is -4.43. The first kappa shape index (κ1) is 24.8. The molecule has 0 saturated heterocycles. The molecule has 2 rings (SSSR count). The summed E-state index contributed by atoms with van der Waals surface area (Å²) in [4.78, 5) is 0. The standard InChI is InChI=1S/C24H44O2Si3/c1-27(2,3)25-19-11-15-21-13-9-17-23(21)29(7,8)24-18-10-14-22(24)16-12-20-26-28(4,5)6/h13-14,17-18H,9-12,15-16,19-20H2,1-8H3. The Morgan fingerprint density at radius 3 is 1.34 bits per heavy atom. The van der Waals surface area contributed by atoms with Gasteiger partial charge < -0.3 is 8.85 Å². The van der Waals surface area contributed by atoms with Gasteiger partial charge in [0.05, 0.1) is 0 Å². The van der Waals surface area contributed by atoms with Gasteiger partial charge in [-0.25, -0.2) is 0 Å². The van der Waals surface area contributed by atoms with Gasteiger partial charge in [0.15, 0.2) is 16.6 Å². The first-order chi connectivity index (χ1) is 13.4. The molecule has 0 spiro atoms. The van der Waals surface area contributed by atoms with Crippen LogP contribution < -0.4 is 0 Å². The van der Waals surface area contributed by atoms with E-state index in [0.29, 0.717) is 0 Å². The molecular formula is C24H44O2Si3. The molecule has 0 amide bonds. The van der Waals surface area contributed by atoms with Crippen molar-refractivity contribution in [1.29, 1.82) is 0 Å². The molecule has 0 unspecified atom stereocenters. The van der Waals surface area contributed by atoms with Crippen molar-refractivity contribution in [3.63, 3.8) is 0 Å². The molecule has 0 fully saturated rings. The third kappa shape index (κ3) is 7.94. The van der Waals surface area contributed by atoms with Crippen LogP contribution in [0.5, 0.6) is 0 Å². The Labute approximate surface area is 183 Å². The Morgan fingerprint density at radius 1 is 0.621 bits per heavy atom. The minimum Gasteiger partial charge on any atom is -0.418 e. The van der Waals surface area contributed by atoms with Crippen molar-refractivity contribution in [3.8, 4) is 0 Å². The highest BCUT2D eigenvalue weighted by Crippen LogP contribution is 2.40. The number of hydrogen-bond donors (Lipinski definition) is 0. The zero-order valence-electron chi connectivity index (χ0n) is 20.3. The average molecular weight is 449 g/mol. The molecule has 0 saturated carbocycles. The van der Waals surface area contributed by atoms with Crippen molar-refractivity contribution in [2.24, 2.45) is 0 Å². The summed E-state index contributed by atoms with van der Waals surface area (Å²) in [5, 5.41) is 3.37. The molecule has 0 heterocycles. The molecular weight excluding hydrogens is 405 g/mol. The predicted octanol–water partition coefficient (Wildman–Crippen LogP) is 7.55. The summed E-state index contributed by atoms with van der Waals surface area (Å²) < 4.78 is 12.2. The second-order valence-corrected chi connectivity index (χ2v) is 24.3. The topological polar surface area (TPSA) is 18.5 Å². The van der Waals surface area contributed by atoms with E-state index in [-0.39, 0.29) is 0 Å². The van der Waals surface area contributed by atoms with Crippen molar-refractivity contribution < 1.29 is 8.85 Å². The summed E-state index contributed by atoms with van der Waals surface area (Å²) >= 11 is 0. The third-order valence-corrected chi connectivity index (χ3v) is 11.5. The Kier molecular flexibility index (Phi) is 8.74. The number of hydrogen-bond acceptors (Lipinski definition) is 2. The molecule has 0 aromatic rings. The molecule has 0 radical (unpaired) electrons. The second kappa shape index (κ2) is 10.2. The van der Waals surface area contributed by atoms with Gasteiger partial charge in [0.2, 0.25) is 0 Å². The fraction of sp³-hybridized carbons (Fsp3) is 0.667. The smallest absolute Gasteiger partial charge is 0.183 e. The second-order valence-electron chi connectivity index (χ2n) is 10.9. The van der Waals surface area contributed by atoms with Crippen LogP contribution in [0.4, 0.5) is 0 Å². The number of rotatable bonds is 12. The maximum atomic E-state index is 6.08. The van der Waals surface area contributed by atoms with E-state index in [0.717, 1.165) is 38.9 Å². The summed E-state index contributed by atoms with van der Waals surface area (Å²) in [6.07, 6.45) is 16.9. The average Bonchev–Trinajstić information content (AvgIpc) is 3.23. The van der Waals surface area contributed by atoms with Gasteiger partial charge >= 0.3 is 0 Å². The van der Waals surface area contributed by atoms with E-state index >= 15 is 0 Å². The lowest BCUT2D eigenvalue weighted by atomic mass is 10.1. The molecule has 0 aromatic heterocycles. The van der Waals surface area contributed by atoms with Gasteiger partial charge in [-0.2, -0.15) is 0 Å². The van der Waals surface area contributed by atoms with Crippen LogP contribution in [0.1, 0.15) is 38.5 Å². The summed E-state index contributed by atoms with van der Waals surface area (Å²) in [5.74, 6) is 0. The van der Waals surface area contributed by atoms with Gasteiger partial charge in [-0.15, -0.1) is 0 Å². The lowest BCUT2D eigenvalue weighted by molar-refractivity contribution is 0.305. The van der Waals surface area contributed by atoms with Crippen molar-refractivity contribution >= 4 is 24.7 Å². The Morgan fingerprint density at radius 2 is 1.00 bits per heavy atom. The maximum absolute atomic E-state index is 6.08. The van der Waals surface area contributed by atoms with Crippen LogP contribution in [0, 0.1) is 0 Å². The van der Waals surface area contributed by atoms with Gasteiger partial charge in [-0.05, 0) is 77.8 Å². The van der Waals surface area contributed by atoms with Crippen LogP contribution in [0.15, 0.2) is 45.8 Å². The summed E-state index contributed by atoms with van der Waals surface area (Å²) in [6.45, 7) is 20.6. The van der Waals surface area contributed by atoms with Crippen LogP contribution in [0.3, 0.4) is 0 Å². The first-order valence-corrected chi connectivity index (χ1v) is 21.3. The van der Waals surface area contributed by atoms with E-state index in [2.05, 4.69) is 76.7 Å². The zero-order valence-corrected chi connectivity index (χ0v) is 23.3. The highest BCUT2D eigenvalue weighted by molar-refractivity contribution is 6.92. The van der Waals surface area contributed by atoms with Crippen molar-refractivity contribution in [2.45, 2.75) is 90.9 Å². The molecule has 0 aliphatic heterocycles. The molecule has 0 atom stereocenters. The van der Waals surface area contributed by atoms with E-state index in [1.807, 2.05) is 0 Å². The minimum absolute atomic E-state index is 0.910. The summed E-state index contributed by atoms with van der Waals surface area (Å²) in [5.41, 5.74) is 3.21. The van der Waals surface area contributed by atoms with E-state index < -0.39 is 24.7 Å². The van der Waals surface area contributed by atoms with Gasteiger partial charge in [0.1, 0.15) is 8.07 Å². The lowest BCUT2D eigenvalue weighted by Gasteiger charge is -2.30. The van der Waals surface area contributed by atoms with Crippen LogP contribution in [-0.4, -0.2) is 37.9 Å². The van der Waals surface area contributed by atoms with Crippen LogP contribution in [0.25, 0.3) is 0 Å². The molecule has 2 aliphatic rings. The van der Waals surface area contributed by atoms with Crippen molar-refractivity contribution in [2.75, 3.05) is 13.2 Å². The van der Waals surface area contributed by atoms with Crippen LogP contribution in [-0.2, 0) is 8.85 Å². The maximum Gasteiger partial charge on any atom is 0.183 e. The Bertz CT molecular complexity index is 628. The zero-order chi connectivity index (χ0) is 21.7. The molecule has 29 heavy (non-hydrogen) atoms. The van der Waals surface area contributed by atoms with Crippen molar-refractivity contribution in [1.82, 2.24) is 0 Å². The SMILES string of the molecule is C[Si](C)(C)OCCCC1=CCC=C1[Si](C)(C)C1=CCC=C1CCCO[Si](C)(C)C. The van der Waals surface area contributed by atoms with Gasteiger partial charge in [-0.3, -0.25) is 0 Å². The van der Waals surface area contributed by atoms with Crippen molar-refractivity contribution in [3.05, 3.63) is 45.8 Å². The molecule has 0 N–H and O–H groups in total. The Balaban J connectivity index is 1.93. The minimum atomic E-state index is -1.64. The monoisotopic (exact) mass is 448 g/mol. The largest absolute Gasteiger partial charge is 0.418 e. The highest BCUT2D eigenvalue weighted by Gasteiger charge is 2.35. The first-order valence-electron chi connectivity index (χ1n) is 11.5. The van der Waals surface area contributed by atoms with E-state index in [1.54, 1.807) is 21.5 Å².